The van der Waals surface area contributed by atoms with E-state index in [9.17, 15) is 0 Å². The maximum Gasteiger partial charge on any atom is 0.00482 e. The van der Waals surface area contributed by atoms with Crippen molar-refractivity contribution in [2.24, 2.45) is 10.8 Å². The summed E-state index contributed by atoms with van der Waals surface area (Å²) in [6.45, 7) is 13.6. The molecule has 0 radical (unpaired) electrons. The van der Waals surface area contributed by atoms with E-state index in [-0.39, 0.29) is 12.4 Å². The van der Waals surface area contributed by atoms with Gasteiger partial charge in [0.05, 0.1) is 0 Å². The predicted molar refractivity (Wildman–Crippen MR) is 72.3 cm³/mol. The number of hydrogen-bond acceptors (Lipinski definition) is 2. The van der Waals surface area contributed by atoms with Gasteiger partial charge in [0.15, 0.2) is 0 Å². The summed E-state index contributed by atoms with van der Waals surface area (Å²) in [7, 11) is 0. The lowest BCUT2D eigenvalue weighted by molar-refractivity contribution is 0.187. The molecule has 2 nitrogen and oxygen atoms in total. The molecule has 2 rings (SSSR count). The highest BCUT2D eigenvalue weighted by molar-refractivity contribution is 5.85. The first kappa shape index (κ1) is 14.3. The minimum atomic E-state index is 0. The van der Waals surface area contributed by atoms with E-state index in [2.05, 4.69) is 31.0 Å². The van der Waals surface area contributed by atoms with Gasteiger partial charge in [-0.2, -0.15) is 0 Å². The zero-order chi connectivity index (χ0) is 10.9. The van der Waals surface area contributed by atoms with E-state index in [1.54, 1.807) is 0 Å². The van der Waals surface area contributed by atoms with Crippen molar-refractivity contribution in [3.63, 3.8) is 0 Å². The van der Waals surface area contributed by atoms with E-state index in [1.165, 1.54) is 52.0 Å². The third-order valence-electron chi connectivity index (χ3n) is 4.55. The molecule has 2 aliphatic rings. The molecule has 3 heteroatoms. The molecule has 0 aromatic heterocycles. The summed E-state index contributed by atoms with van der Waals surface area (Å²) in [6, 6.07) is 0. The Labute approximate surface area is 107 Å². The van der Waals surface area contributed by atoms with Gasteiger partial charge in [-0.05, 0) is 43.2 Å². The van der Waals surface area contributed by atoms with Gasteiger partial charge >= 0.3 is 0 Å². The normalized spacial score (nSPS) is 39.9. The second-order valence-electron chi connectivity index (χ2n) is 6.36. The molecule has 1 N–H and O–H groups in total. The van der Waals surface area contributed by atoms with Crippen LogP contribution in [0.2, 0.25) is 0 Å². The molecular formula is C13H27ClN2. The van der Waals surface area contributed by atoms with Crippen molar-refractivity contribution < 1.29 is 0 Å². The van der Waals surface area contributed by atoms with Crippen LogP contribution in [0.5, 0.6) is 0 Å². The fraction of sp³-hybridized carbons (Fsp3) is 1.00. The molecule has 2 atom stereocenters. The predicted octanol–water partition coefficient (Wildman–Crippen LogP) is 2.53. The number of nitrogens with one attached hydrogen (secondary N) is 1. The van der Waals surface area contributed by atoms with E-state index in [4.69, 9.17) is 0 Å². The summed E-state index contributed by atoms with van der Waals surface area (Å²) in [5, 5.41) is 3.49. The van der Waals surface area contributed by atoms with Crippen molar-refractivity contribution >= 4 is 12.4 Å². The molecule has 0 spiro atoms. The molecule has 2 heterocycles. The maximum absolute atomic E-state index is 3.49. The van der Waals surface area contributed by atoms with E-state index >= 15 is 0 Å². The first-order valence-corrected chi connectivity index (χ1v) is 6.48. The van der Waals surface area contributed by atoms with Gasteiger partial charge in [-0.25, -0.2) is 0 Å². The molecule has 96 valence electrons. The third-order valence-corrected chi connectivity index (χ3v) is 4.55. The first-order chi connectivity index (χ1) is 7.05. The number of hydrogen-bond donors (Lipinski definition) is 1. The summed E-state index contributed by atoms with van der Waals surface area (Å²) in [6.07, 6.45) is 4.08. The van der Waals surface area contributed by atoms with E-state index in [1.807, 2.05) is 0 Å². The van der Waals surface area contributed by atoms with Gasteiger partial charge in [0.2, 0.25) is 0 Å². The lowest BCUT2D eigenvalue weighted by Gasteiger charge is -2.30. The van der Waals surface area contributed by atoms with E-state index in [0.29, 0.717) is 10.8 Å². The third kappa shape index (κ3) is 3.12. The van der Waals surface area contributed by atoms with Crippen LogP contribution in [0.25, 0.3) is 0 Å². The van der Waals surface area contributed by atoms with E-state index < -0.39 is 0 Å². The zero-order valence-corrected chi connectivity index (χ0v) is 11.8. The fourth-order valence-corrected chi connectivity index (χ4v) is 3.09. The van der Waals surface area contributed by atoms with Crippen molar-refractivity contribution in [2.45, 2.75) is 40.0 Å². The molecule has 2 fully saturated rings. The van der Waals surface area contributed by atoms with Gasteiger partial charge in [0, 0.05) is 19.6 Å². The van der Waals surface area contributed by atoms with Crippen molar-refractivity contribution in [3.8, 4) is 0 Å². The highest BCUT2D eigenvalue weighted by Crippen LogP contribution is 2.35. The lowest BCUT2D eigenvalue weighted by atomic mass is 9.86. The van der Waals surface area contributed by atoms with Crippen LogP contribution in [0.4, 0.5) is 0 Å². The van der Waals surface area contributed by atoms with Crippen LogP contribution in [0.1, 0.15) is 40.0 Å². The van der Waals surface area contributed by atoms with Crippen LogP contribution in [-0.2, 0) is 0 Å². The van der Waals surface area contributed by atoms with Crippen molar-refractivity contribution in [2.75, 3.05) is 32.7 Å². The summed E-state index contributed by atoms with van der Waals surface area (Å²) < 4.78 is 0. The van der Waals surface area contributed by atoms with Gasteiger partial charge in [0.25, 0.3) is 0 Å². The van der Waals surface area contributed by atoms with Crippen LogP contribution in [-0.4, -0.2) is 37.6 Å². The van der Waals surface area contributed by atoms with Gasteiger partial charge in [0.1, 0.15) is 0 Å². The molecule has 0 aliphatic carbocycles. The monoisotopic (exact) mass is 246 g/mol. The second-order valence-corrected chi connectivity index (χ2v) is 6.36. The van der Waals surface area contributed by atoms with Gasteiger partial charge in [-0.1, -0.05) is 20.8 Å². The van der Waals surface area contributed by atoms with Gasteiger partial charge in [-0.15, -0.1) is 12.4 Å². The Morgan fingerprint density at radius 3 is 2.44 bits per heavy atom. The Balaban J connectivity index is 0.00000128. The average Bonchev–Trinajstić information content (AvgIpc) is 2.75. The summed E-state index contributed by atoms with van der Waals surface area (Å²) in [5.74, 6) is 0. The standard InChI is InChI=1S/C13H26N2.ClH/c1-4-12(2)6-8-15(10-12)11-13(3)5-7-14-9-13;/h14H,4-11H2,1-3H3;1H. The molecule has 0 aromatic rings. The first-order valence-electron chi connectivity index (χ1n) is 6.48. The molecule has 0 saturated carbocycles. The molecule has 16 heavy (non-hydrogen) atoms. The van der Waals surface area contributed by atoms with E-state index in [0.717, 1.165) is 0 Å². The quantitative estimate of drug-likeness (QED) is 0.824. The Hall–Kier alpha value is 0.210. The topological polar surface area (TPSA) is 15.3 Å². The Morgan fingerprint density at radius 1 is 1.19 bits per heavy atom. The maximum atomic E-state index is 3.49. The van der Waals surface area contributed by atoms with Crippen molar-refractivity contribution in [1.29, 1.82) is 0 Å². The molecule has 2 aliphatic heterocycles. The van der Waals surface area contributed by atoms with Crippen LogP contribution in [0, 0.1) is 10.8 Å². The molecular weight excluding hydrogens is 220 g/mol. The van der Waals surface area contributed by atoms with Crippen molar-refractivity contribution in [3.05, 3.63) is 0 Å². The molecule has 2 saturated heterocycles. The highest BCUT2D eigenvalue weighted by Gasteiger charge is 2.37. The molecule has 0 bridgehead atoms. The SMILES string of the molecule is CCC1(C)CCN(CC2(C)CCNC2)C1.Cl. The van der Waals surface area contributed by atoms with Gasteiger partial charge in [-0.3, -0.25) is 0 Å². The largest absolute Gasteiger partial charge is 0.316 e. The molecule has 2 unspecified atom stereocenters. The number of halogens is 1. The number of likely N-dealkylation sites (tertiary alicyclic amines) is 1. The number of nitrogens with zero attached hydrogens (tertiary/aromatic N) is 1. The molecule has 0 amide bonds. The average molecular weight is 247 g/mol. The molecule has 0 aromatic carbocycles. The Kier molecular flexibility index (Phi) is 4.67. The second kappa shape index (κ2) is 5.24. The van der Waals surface area contributed by atoms with Crippen LogP contribution in [0.15, 0.2) is 0 Å². The Morgan fingerprint density at radius 2 is 1.94 bits per heavy atom. The van der Waals surface area contributed by atoms with Crippen LogP contribution >= 0.6 is 12.4 Å². The van der Waals surface area contributed by atoms with Crippen LogP contribution < -0.4 is 5.32 Å². The Bertz CT molecular complexity index is 226. The van der Waals surface area contributed by atoms with Crippen LogP contribution in [0.3, 0.4) is 0 Å². The lowest BCUT2D eigenvalue weighted by Crippen LogP contribution is -2.37. The minimum absolute atomic E-state index is 0. The fourth-order valence-electron chi connectivity index (χ4n) is 3.09. The number of rotatable bonds is 3. The van der Waals surface area contributed by atoms with Crippen molar-refractivity contribution in [1.82, 2.24) is 10.2 Å². The summed E-state index contributed by atoms with van der Waals surface area (Å²) in [5.41, 5.74) is 1.14. The minimum Gasteiger partial charge on any atom is -0.316 e. The van der Waals surface area contributed by atoms with Gasteiger partial charge < -0.3 is 10.2 Å². The smallest absolute Gasteiger partial charge is 0.00482 e. The highest BCUT2D eigenvalue weighted by atomic mass is 35.5. The zero-order valence-electron chi connectivity index (χ0n) is 11.0. The summed E-state index contributed by atoms with van der Waals surface area (Å²) in [4.78, 5) is 2.69. The summed E-state index contributed by atoms with van der Waals surface area (Å²) >= 11 is 0.